The molecule has 3 fully saturated rings. The summed E-state index contributed by atoms with van der Waals surface area (Å²) in [4.78, 5) is 14.4. The quantitative estimate of drug-likeness (QED) is 0.790. The van der Waals surface area contributed by atoms with Gasteiger partial charge in [-0.15, -0.1) is 0 Å². The second-order valence-corrected chi connectivity index (χ2v) is 6.15. The summed E-state index contributed by atoms with van der Waals surface area (Å²) < 4.78 is 0. The maximum Gasteiger partial charge on any atom is 0.222 e. The van der Waals surface area contributed by atoms with Gasteiger partial charge in [0.15, 0.2) is 0 Å². The summed E-state index contributed by atoms with van der Waals surface area (Å²) in [7, 11) is 0. The van der Waals surface area contributed by atoms with E-state index in [9.17, 15) is 4.79 Å². The van der Waals surface area contributed by atoms with Crippen molar-refractivity contribution >= 4 is 5.91 Å². The van der Waals surface area contributed by atoms with Crippen molar-refractivity contribution in [3.8, 4) is 0 Å². The molecule has 0 aromatic carbocycles. The summed E-state index contributed by atoms with van der Waals surface area (Å²) in [5, 5.41) is 3.36. The van der Waals surface area contributed by atoms with Crippen LogP contribution in [0.15, 0.2) is 0 Å². The minimum absolute atomic E-state index is 0.436. The van der Waals surface area contributed by atoms with Gasteiger partial charge >= 0.3 is 0 Å². The van der Waals surface area contributed by atoms with Crippen LogP contribution >= 0.6 is 0 Å². The average molecular weight is 236 g/mol. The highest BCUT2D eigenvalue weighted by atomic mass is 16.2. The van der Waals surface area contributed by atoms with Gasteiger partial charge in [-0.2, -0.15) is 0 Å². The first kappa shape index (κ1) is 11.5. The molecule has 2 heterocycles. The third-order valence-corrected chi connectivity index (χ3v) is 5.00. The molecule has 0 spiro atoms. The van der Waals surface area contributed by atoms with Gasteiger partial charge in [0.1, 0.15) is 0 Å². The zero-order chi connectivity index (χ0) is 11.7. The number of hydrogen-bond acceptors (Lipinski definition) is 2. The predicted molar refractivity (Wildman–Crippen MR) is 67.6 cm³/mol. The largest absolute Gasteiger partial charge is 0.342 e. The van der Waals surface area contributed by atoms with Crippen molar-refractivity contribution in [2.45, 2.75) is 38.5 Å². The second-order valence-electron chi connectivity index (χ2n) is 6.15. The Labute approximate surface area is 104 Å². The highest BCUT2D eigenvalue weighted by Crippen LogP contribution is 2.38. The Morgan fingerprint density at radius 2 is 1.71 bits per heavy atom. The van der Waals surface area contributed by atoms with Gasteiger partial charge < -0.3 is 10.2 Å². The van der Waals surface area contributed by atoms with E-state index in [1.54, 1.807) is 0 Å². The highest BCUT2D eigenvalue weighted by Gasteiger charge is 2.38. The fourth-order valence-electron chi connectivity index (χ4n) is 3.90. The van der Waals surface area contributed by atoms with E-state index in [2.05, 4.69) is 10.2 Å². The van der Waals surface area contributed by atoms with E-state index in [0.717, 1.165) is 44.4 Å². The van der Waals surface area contributed by atoms with Gasteiger partial charge in [0, 0.05) is 19.5 Å². The van der Waals surface area contributed by atoms with Crippen LogP contribution in [0.4, 0.5) is 0 Å². The van der Waals surface area contributed by atoms with Crippen molar-refractivity contribution < 1.29 is 4.79 Å². The fourth-order valence-corrected chi connectivity index (χ4v) is 3.90. The van der Waals surface area contributed by atoms with Crippen molar-refractivity contribution in [3.63, 3.8) is 0 Å². The molecular formula is C14H24N2O. The monoisotopic (exact) mass is 236 g/mol. The van der Waals surface area contributed by atoms with Gasteiger partial charge in [0.05, 0.1) is 0 Å². The van der Waals surface area contributed by atoms with Gasteiger partial charge in [0.2, 0.25) is 5.91 Å². The Kier molecular flexibility index (Phi) is 3.37. The third kappa shape index (κ3) is 2.49. The van der Waals surface area contributed by atoms with Gasteiger partial charge in [0.25, 0.3) is 0 Å². The molecular weight excluding hydrogens is 212 g/mol. The third-order valence-electron chi connectivity index (χ3n) is 5.00. The first-order valence-corrected chi connectivity index (χ1v) is 7.31. The number of rotatable bonds is 2. The molecule has 2 atom stereocenters. The first-order valence-electron chi connectivity index (χ1n) is 7.31. The Morgan fingerprint density at radius 1 is 1.06 bits per heavy atom. The molecule has 2 saturated heterocycles. The number of carbonyl (C=O) groups is 1. The van der Waals surface area contributed by atoms with Gasteiger partial charge in [-0.1, -0.05) is 6.42 Å². The molecule has 3 aliphatic rings. The maximum absolute atomic E-state index is 12.3. The van der Waals surface area contributed by atoms with Crippen molar-refractivity contribution in [2.24, 2.45) is 17.8 Å². The highest BCUT2D eigenvalue weighted by molar-refractivity contribution is 5.76. The molecule has 0 radical (unpaired) electrons. The lowest BCUT2D eigenvalue weighted by Crippen LogP contribution is -2.34. The molecule has 3 rings (SSSR count). The molecule has 1 amide bonds. The van der Waals surface area contributed by atoms with Crippen LogP contribution in [-0.4, -0.2) is 37.0 Å². The smallest absolute Gasteiger partial charge is 0.222 e. The minimum Gasteiger partial charge on any atom is -0.342 e. The lowest BCUT2D eigenvalue weighted by Gasteiger charge is -2.25. The van der Waals surface area contributed by atoms with Crippen LogP contribution in [-0.2, 0) is 4.79 Å². The van der Waals surface area contributed by atoms with E-state index in [4.69, 9.17) is 0 Å². The zero-order valence-corrected chi connectivity index (χ0v) is 10.7. The van der Waals surface area contributed by atoms with E-state index in [0.29, 0.717) is 11.8 Å². The van der Waals surface area contributed by atoms with Crippen molar-refractivity contribution in [2.75, 3.05) is 26.2 Å². The van der Waals surface area contributed by atoms with E-state index >= 15 is 0 Å². The van der Waals surface area contributed by atoms with E-state index in [-0.39, 0.29) is 0 Å². The number of carbonyl (C=O) groups excluding carboxylic acids is 1. The minimum atomic E-state index is 0.436. The summed E-state index contributed by atoms with van der Waals surface area (Å²) in [6.45, 7) is 4.33. The van der Waals surface area contributed by atoms with Crippen LogP contribution in [0.5, 0.6) is 0 Å². The summed E-state index contributed by atoms with van der Waals surface area (Å²) in [6.07, 6.45) is 7.30. The molecule has 0 bridgehead atoms. The van der Waals surface area contributed by atoms with Crippen LogP contribution in [0, 0.1) is 17.8 Å². The molecule has 1 saturated carbocycles. The number of amides is 1. The number of nitrogens with zero attached hydrogens (tertiary/aromatic N) is 1. The van der Waals surface area contributed by atoms with Crippen molar-refractivity contribution in [3.05, 3.63) is 0 Å². The molecule has 2 unspecified atom stereocenters. The topological polar surface area (TPSA) is 32.3 Å². The van der Waals surface area contributed by atoms with Gasteiger partial charge in [-0.05, 0) is 56.5 Å². The molecule has 1 aliphatic carbocycles. The van der Waals surface area contributed by atoms with Crippen molar-refractivity contribution in [1.29, 1.82) is 0 Å². The number of hydrogen-bond donors (Lipinski definition) is 1. The Bertz CT molecular complexity index is 274. The Hall–Kier alpha value is -0.570. The maximum atomic E-state index is 12.3. The number of nitrogens with one attached hydrogen (secondary N) is 1. The first-order chi connectivity index (χ1) is 8.33. The number of likely N-dealkylation sites (tertiary alicyclic amines) is 1. The number of fused-ring (bicyclic) bond motifs is 1. The van der Waals surface area contributed by atoms with E-state index < -0.39 is 0 Å². The number of piperidine rings is 1. The molecule has 3 nitrogen and oxygen atoms in total. The molecule has 3 heteroatoms. The summed E-state index contributed by atoms with van der Waals surface area (Å²) in [5.74, 6) is 2.76. The van der Waals surface area contributed by atoms with Crippen LogP contribution in [0.2, 0.25) is 0 Å². The van der Waals surface area contributed by atoms with Crippen LogP contribution < -0.4 is 5.32 Å². The molecule has 0 aromatic heterocycles. The Balaban J connectivity index is 1.49. The molecule has 0 aromatic rings. The van der Waals surface area contributed by atoms with E-state index in [1.165, 1.54) is 32.1 Å². The molecule has 96 valence electrons. The molecule has 1 N–H and O–H groups in total. The Morgan fingerprint density at radius 3 is 2.35 bits per heavy atom. The van der Waals surface area contributed by atoms with Crippen molar-refractivity contribution in [1.82, 2.24) is 10.2 Å². The standard InChI is InChI=1S/C14H24N2O/c17-14(8-11-4-6-15-7-5-11)16-9-12-2-1-3-13(12)10-16/h11-13,15H,1-10H2. The average Bonchev–Trinajstić information content (AvgIpc) is 2.90. The van der Waals surface area contributed by atoms with Crippen LogP contribution in [0.25, 0.3) is 0 Å². The lowest BCUT2D eigenvalue weighted by molar-refractivity contribution is -0.131. The van der Waals surface area contributed by atoms with E-state index in [1.807, 2.05) is 0 Å². The lowest BCUT2D eigenvalue weighted by atomic mass is 9.94. The summed E-state index contributed by atoms with van der Waals surface area (Å²) in [6, 6.07) is 0. The molecule has 2 aliphatic heterocycles. The normalized spacial score (nSPS) is 34.0. The second kappa shape index (κ2) is 4.97. The predicted octanol–water partition coefficient (Wildman–Crippen LogP) is 1.63. The fraction of sp³-hybridized carbons (Fsp3) is 0.929. The van der Waals surface area contributed by atoms with Gasteiger partial charge in [-0.3, -0.25) is 4.79 Å². The van der Waals surface area contributed by atoms with Crippen LogP contribution in [0.1, 0.15) is 38.5 Å². The zero-order valence-electron chi connectivity index (χ0n) is 10.7. The van der Waals surface area contributed by atoms with Crippen LogP contribution in [0.3, 0.4) is 0 Å². The molecule has 17 heavy (non-hydrogen) atoms. The van der Waals surface area contributed by atoms with Gasteiger partial charge in [-0.25, -0.2) is 0 Å². The summed E-state index contributed by atoms with van der Waals surface area (Å²) >= 11 is 0. The SMILES string of the molecule is O=C(CC1CCNCC1)N1CC2CCCC2C1. The summed E-state index contributed by atoms with van der Waals surface area (Å²) in [5.41, 5.74) is 0.